The first kappa shape index (κ1) is 28.7. The minimum Gasteiger partial charge on any atom is -0.497 e. The van der Waals surface area contributed by atoms with Crippen molar-refractivity contribution in [3.63, 3.8) is 0 Å². The van der Waals surface area contributed by atoms with Crippen LogP contribution in [0.3, 0.4) is 0 Å². The van der Waals surface area contributed by atoms with Crippen LogP contribution in [-0.4, -0.2) is 69.6 Å². The van der Waals surface area contributed by atoms with Crippen molar-refractivity contribution in [3.8, 4) is 5.75 Å². The number of guanidine groups is 1. The maximum Gasteiger partial charge on any atom is 0.253 e. The SMILES string of the molecule is CCN(CC)C(CNC(=NC)NCc1ccc(C(=O)N(C)C)cc1)c1cccc(OC)c1.I. The smallest absolute Gasteiger partial charge is 0.253 e. The molecule has 0 aliphatic heterocycles. The molecule has 7 nitrogen and oxygen atoms in total. The van der Waals surface area contributed by atoms with E-state index in [1.807, 2.05) is 36.4 Å². The first-order chi connectivity index (χ1) is 15.4. The van der Waals surface area contributed by atoms with Crippen LogP contribution in [0.15, 0.2) is 53.5 Å². The summed E-state index contributed by atoms with van der Waals surface area (Å²) >= 11 is 0. The number of ether oxygens (including phenoxy) is 1. The van der Waals surface area contributed by atoms with Crippen LogP contribution in [0, 0.1) is 0 Å². The summed E-state index contributed by atoms with van der Waals surface area (Å²) in [5.74, 6) is 1.60. The van der Waals surface area contributed by atoms with Crippen LogP contribution in [0.25, 0.3) is 0 Å². The molecule has 0 fully saturated rings. The molecule has 8 heteroatoms. The summed E-state index contributed by atoms with van der Waals surface area (Å²) in [7, 11) is 6.97. The highest BCUT2D eigenvalue weighted by Crippen LogP contribution is 2.23. The summed E-state index contributed by atoms with van der Waals surface area (Å²) in [5.41, 5.74) is 2.97. The molecule has 0 spiro atoms. The fourth-order valence-corrected chi connectivity index (χ4v) is 3.59. The molecule has 0 saturated carbocycles. The second-order valence-corrected chi connectivity index (χ2v) is 7.72. The number of methoxy groups -OCH3 is 1. The Labute approximate surface area is 215 Å². The topological polar surface area (TPSA) is 69.2 Å². The second kappa shape index (κ2) is 14.7. The molecule has 0 radical (unpaired) electrons. The molecule has 2 aromatic carbocycles. The van der Waals surface area contributed by atoms with Crippen LogP contribution in [0.1, 0.15) is 41.4 Å². The molecule has 2 N–H and O–H groups in total. The maximum absolute atomic E-state index is 12.0. The molecule has 0 heterocycles. The molecule has 182 valence electrons. The lowest BCUT2D eigenvalue weighted by Gasteiger charge is -2.31. The van der Waals surface area contributed by atoms with Crippen molar-refractivity contribution in [1.29, 1.82) is 0 Å². The van der Waals surface area contributed by atoms with Gasteiger partial charge in [0.1, 0.15) is 5.75 Å². The van der Waals surface area contributed by atoms with Gasteiger partial charge in [0.2, 0.25) is 0 Å². The van der Waals surface area contributed by atoms with Crippen LogP contribution in [-0.2, 0) is 6.54 Å². The Morgan fingerprint density at radius 2 is 1.73 bits per heavy atom. The zero-order valence-electron chi connectivity index (χ0n) is 20.6. The molecule has 0 saturated heterocycles. The number of likely N-dealkylation sites (N-methyl/N-ethyl adjacent to an activating group) is 1. The van der Waals surface area contributed by atoms with Crippen LogP contribution < -0.4 is 15.4 Å². The third-order valence-electron chi connectivity index (χ3n) is 5.49. The Bertz CT molecular complexity index is 883. The number of hydrogen-bond acceptors (Lipinski definition) is 4. The molecule has 2 rings (SSSR count). The van der Waals surface area contributed by atoms with Crippen molar-refractivity contribution >= 4 is 35.8 Å². The normalized spacial score (nSPS) is 12.0. The molecule has 0 aliphatic carbocycles. The molecular weight excluding hydrogens is 529 g/mol. The summed E-state index contributed by atoms with van der Waals surface area (Å²) in [6.45, 7) is 7.58. The quantitative estimate of drug-likeness (QED) is 0.260. The Morgan fingerprint density at radius 3 is 2.27 bits per heavy atom. The van der Waals surface area contributed by atoms with Gasteiger partial charge in [-0.15, -0.1) is 24.0 Å². The molecular formula is C25H38IN5O2. The van der Waals surface area contributed by atoms with Gasteiger partial charge in [0, 0.05) is 39.8 Å². The van der Waals surface area contributed by atoms with Gasteiger partial charge in [0.25, 0.3) is 5.91 Å². The number of benzene rings is 2. The van der Waals surface area contributed by atoms with Crippen molar-refractivity contribution in [2.24, 2.45) is 4.99 Å². The number of rotatable bonds is 10. The fourth-order valence-electron chi connectivity index (χ4n) is 3.59. The Morgan fingerprint density at radius 1 is 1.06 bits per heavy atom. The molecule has 1 unspecified atom stereocenters. The summed E-state index contributed by atoms with van der Waals surface area (Å²) < 4.78 is 5.42. The second-order valence-electron chi connectivity index (χ2n) is 7.72. The number of carbonyl (C=O) groups excluding carboxylic acids is 1. The van der Waals surface area contributed by atoms with Gasteiger partial charge in [-0.3, -0.25) is 14.7 Å². The lowest BCUT2D eigenvalue weighted by atomic mass is 10.0. The van der Waals surface area contributed by atoms with Crippen molar-refractivity contribution in [3.05, 3.63) is 65.2 Å². The van der Waals surface area contributed by atoms with E-state index in [9.17, 15) is 4.79 Å². The van der Waals surface area contributed by atoms with Gasteiger partial charge in [0.05, 0.1) is 13.2 Å². The molecule has 0 aromatic heterocycles. The van der Waals surface area contributed by atoms with Gasteiger partial charge in [0.15, 0.2) is 5.96 Å². The summed E-state index contributed by atoms with van der Waals surface area (Å²) in [5, 5.41) is 6.83. The van der Waals surface area contributed by atoms with E-state index in [1.54, 1.807) is 33.2 Å². The number of carbonyl (C=O) groups is 1. The molecule has 0 aliphatic rings. The van der Waals surface area contributed by atoms with Gasteiger partial charge in [-0.25, -0.2) is 0 Å². The maximum atomic E-state index is 12.0. The lowest BCUT2D eigenvalue weighted by molar-refractivity contribution is 0.0827. The van der Waals surface area contributed by atoms with Gasteiger partial charge in [-0.2, -0.15) is 0 Å². The highest BCUT2D eigenvalue weighted by Gasteiger charge is 2.19. The average molecular weight is 568 g/mol. The van der Waals surface area contributed by atoms with Gasteiger partial charge in [-0.05, 0) is 48.5 Å². The number of aliphatic imine (C=N–C) groups is 1. The number of nitrogens with one attached hydrogen (secondary N) is 2. The zero-order valence-corrected chi connectivity index (χ0v) is 22.9. The van der Waals surface area contributed by atoms with E-state index in [0.717, 1.165) is 30.4 Å². The predicted molar refractivity (Wildman–Crippen MR) is 147 cm³/mol. The van der Waals surface area contributed by atoms with E-state index in [-0.39, 0.29) is 35.9 Å². The summed E-state index contributed by atoms with van der Waals surface area (Å²) in [6, 6.07) is 16.1. The van der Waals surface area contributed by atoms with E-state index in [4.69, 9.17) is 4.74 Å². The monoisotopic (exact) mass is 567 g/mol. The Kier molecular flexibility index (Phi) is 12.8. The standard InChI is InChI=1S/C25H37N5O2.HI/c1-7-30(8-2)23(21-10-9-11-22(16-21)32-6)18-28-25(26-3)27-17-19-12-14-20(15-13-19)24(31)29(4)5;/h9-16,23H,7-8,17-18H2,1-6H3,(H2,26,27,28);1H. The Hall–Kier alpha value is -2.33. The number of halogens is 1. The van der Waals surface area contributed by atoms with Gasteiger partial charge >= 0.3 is 0 Å². The minimum absolute atomic E-state index is 0. The first-order valence-corrected chi connectivity index (χ1v) is 11.1. The molecule has 1 atom stereocenters. The summed E-state index contributed by atoms with van der Waals surface area (Å²) in [4.78, 5) is 20.4. The van der Waals surface area contributed by atoms with Crippen molar-refractivity contribution in [2.45, 2.75) is 26.4 Å². The number of hydrogen-bond donors (Lipinski definition) is 2. The lowest BCUT2D eigenvalue weighted by Crippen LogP contribution is -2.43. The fraction of sp³-hybridized carbons (Fsp3) is 0.440. The molecule has 1 amide bonds. The number of amides is 1. The van der Waals surface area contributed by atoms with E-state index < -0.39 is 0 Å². The van der Waals surface area contributed by atoms with Crippen LogP contribution >= 0.6 is 24.0 Å². The Balaban J connectivity index is 0.00000544. The van der Waals surface area contributed by atoms with Crippen molar-refractivity contribution in [2.75, 3.05) is 47.9 Å². The van der Waals surface area contributed by atoms with Crippen LogP contribution in [0.5, 0.6) is 5.75 Å². The highest BCUT2D eigenvalue weighted by molar-refractivity contribution is 14.0. The third kappa shape index (κ3) is 8.51. The molecule has 0 bridgehead atoms. The predicted octanol–water partition coefficient (Wildman–Crippen LogP) is 3.76. The molecule has 2 aromatic rings. The van der Waals surface area contributed by atoms with Crippen molar-refractivity contribution in [1.82, 2.24) is 20.4 Å². The zero-order chi connectivity index (χ0) is 23.5. The van der Waals surface area contributed by atoms with E-state index in [0.29, 0.717) is 18.7 Å². The average Bonchev–Trinajstić information content (AvgIpc) is 2.83. The van der Waals surface area contributed by atoms with E-state index in [1.165, 1.54) is 5.56 Å². The third-order valence-corrected chi connectivity index (χ3v) is 5.49. The van der Waals surface area contributed by atoms with Crippen molar-refractivity contribution < 1.29 is 9.53 Å². The minimum atomic E-state index is 0. The van der Waals surface area contributed by atoms with Crippen LogP contribution in [0.4, 0.5) is 0 Å². The van der Waals surface area contributed by atoms with Gasteiger partial charge in [-0.1, -0.05) is 38.1 Å². The van der Waals surface area contributed by atoms with Gasteiger partial charge < -0.3 is 20.3 Å². The molecule has 33 heavy (non-hydrogen) atoms. The number of nitrogens with zero attached hydrogens (tertiary/aromatic N) is 3. The van der Waals surface area contributed by atoms with E-state index >= 15 is 0 Å². The largest absolute Gasteiger partial charge is 0.497 e. The highest BCUT2D eigenvalue weighted by atomic mass is 127. The van der Waals surface area contributed by atoms with Crippen LogP contribution in [0.2, 0.25) is 0 Å². The summed E-state index contributed by atoms with van der Waals surface area (Å²) in [6.07, 6.45) is 0. The van der Waals surface area contributed by atoms with E-state index in [2.05, 4.69) is 46.5 Å². The first-order valence-electron chi connectivity index (χ1n) is 11.1.